The number of nitrogens with zero attached hydrogens (tertiary/aromatic N) is 3. The molecular formula is C26H27ClF3N5O3. The number of pyridine rings is 1. The van der Waals surface area contributed by atoms with Crippen LogP contribution >= 0.6 is 11.6 Å². The van der Waals surface area contributed by atoms with Crippen molar-refractivity contribution in [1.29, 1.82) is 0 Å². The van der Waals surface area contributed by atoms with Crippen LogP contribution in [0.1, 0.15) is 53.5 Å². The fourth-order valence-electron chi connectivity index (χ4n) is 4.65. The van der Waals surface area contributed by atoms with Crippen molar-refractivity contribution in [2.45, 2.75) is 46.1 Å². The molecule has 12 heteroatoms. The van der Waals surface area contributed by atoms with E-state index in [1.54, 1.807) is 25.1 Å². The summed E-state index contributed by atoms with van der Waals surface area (Å²) in [5.41, 5.74) is -1.44. The van der Waals surface area contributed by atoms with E-state index in [0.29, 0.717) is 24.3 Å². The largest absolute Gasteiger partial charge is 0.481 e. The number of hydrogen-bond donors (Lipinski definition) is 3. The van der Waals surface area contributed by atoms with Crippen LogP contribution < -0.4 is 5.32 Å². The van der Waals surface area contributed by atoms with Gasteiger partial charge in [0.25, 0.3) is 0 Å². The van der Waals surface area contributed by atoms with Crippen LogP contribution in [0.5, 0.6) is 0 Å². The molecule has 3 heterocycles. The third-order valence-corrected chi connectivity index (χ3v) is 7.19. The monoisotopic (exact) mass is 549 g/mol. The van der Waals surface area contributed by atoms with Gasteiger partial charge in [0, 0.05) is 36.7 Å². The van der Waals surface area contributed by atoms with Crippen LogP contribution in [0.3, 0.4) is 0 Å². The highest BCUT2D eigenvalue weighted by Crippen LogP contribution is 2.38. The molecule has 8 nitrogen and oxygen atoms in total. The van der Waals surface area contributed by atoms with Crippen LogP contribution in [0.15, 0.2) is 24.3 Å². The van der Waals surface area contributed by atoms with Crippen LogP contribution in [0.4, 0.5) is 24.8 Å². The highest BCUT2D eigenvalue weighted by Gasteiger charge is 2.43. The van der Waals surface area contributed by atoms with Gasteiger partial charge in [-0.3, -0.25) is 19.6 Å². The van der Waals surface area contributed by atoms with E-state index in [1.165, 1.54) is 13.0 Å². The molecule has 1 saturated heterocycles. The summed E-state index contributed by atoms with van der Waals surface area (Å²) in [4.78, 5) is 30.9. The van der Waals surface area contributed by atoms with Gasteiger partial charge in [-0.2, -0.15) is 5.10 Å². The number of carbonyl (C=O) groups excluding carboxylic acids is 1. The number of halogens is 4. The van der Waals surface area contributed by atoms with Crippen molar-refractivity contribution >= 4 is 35.0 Å². The predicted octanol–water partition coefficient (Wildman–Crippen LogP) is 5.43. The Morgan fingerprint density at radius 3 is 2.50 bits per heavy atom. The number of nitrogens with one attached hydrogen (secondary N) is 2. The molecule has 1 aromatic carbocycles. The summed E-state index contributed by atoms with van der Waals surface area (Å²) in [6, 6.07) is 6.27. The number of likely N-dealkylation sites (tertiary alicyclic amines) is 1. The van der Waals surface area contributed by atoms with Crippen LogP contribution in [0.25, 0.3) is 0 Å². The number of ketones is 1. The second-order valence-corrected chi connectivity index (χ2v) is 9.91. The quantitative estimate of drug-likeness (QED) is 0.305. The second-order valence-electron chi connectivity index (χ2n) is 9.50. The number of aromatic nitrogens is 3. The van der Waals surface area contributed by atoms with E-state index in [4.69, 9.17) is 11.6 Å². The first kappa shape index (κ1) is 27.6. The Hall–Kier alpha value is -3.44. The summed E-state index contributed by atoms with van der Waals surface area (Å²) in [5, 5.41) is 19.5. The van der Waals surface area contributed by atoms with E-state index in [0.717, 1.165) is 0 Å². The van der Waals surface area contributed by atoms with E-state index in [-0.39, 0.29) is 48.8 Å². The lowest BCUT2D eigenvalue weighted by Gasteiger charge is -2.39. The zero-order valence-electron chi connectivity index (χ0n) is 20.9. The number of hydrogen-bond acceptors (Lipinski definition) is 6. The molecule has 1 aliphatic rings. The number of aliphatic carboxylic acids is 1. The molecule has 0 atom stereocenters. The lowest BCUT2D eigenvalue weighted by atomic mass is 9.74. The lowest BCUT2D eigenvalue weighted by Crippen LogP contribution is -2.45. The number of aromatic amines is 1. The number of carbonyl (C=O) groups is 2. The highest BCUT2D eigenvalue weighted by atomic mass is 35.5. The number of H-pyrrole nitrogens is 1. The molecule has 38 heavy (non-hydrogen) atoms. The smallest absolute Gasteiger partial charge is 0.310 e. The van der Waals surface area contributed by atoms with Crippen molar-refractivity contribution in [1.82, 2.24) is 20.1 Å². The molecule has 2 aromatic heterocycles. The van der Waals surface area contributed by atoms with E-state index >= 15 is 8.78 Å². The van der Waals surface area contributed by atoms with E-state index in [1.807, 2.05) is 4.90 Å². The third kappa shape index (κ3) is 5.53. The number of rotatable bonds is 9. The van der Waals surface area contributed by atoms with Crippen LogP contribution in [-0.4, -0.2) is 50.0 Å². The zero-order chi connectivity index (χ0) is 27.6. The van der Waals surface area contributed by atoms with Gasteiger partial charge in [0.05, 0.1) is 21.7 Å². The van der Waals surface area contributed by atoms with Crippen LogP contribution in [0.2, 0.25) is 5.02 Å². The van der Waals surface area contributed by atoms with E-state index in [2.05, 4.69) is 20.5 Å². The fourth-order valence-corrected chi connectivity index (χ4v) is 4.85. The maximum Gasteiger partial charge on any atom is 0.310 e. The highest BCUT2D eigenvalue weighted by molar-refractivity contribution is 6.30. The number of Topliss-reactive ketones (excluding diaryl/α,β-unsaturated/α-hetero) is 1. The van der Waals surface area contributed by atoms with Crippen molar-refractivity contribution in [3.63, 3.8) is 0 Å². The van der Waals surface area contributed by atoms with Gasteiger partial charge in [-0.15, -0.1) is 0 Å². The van der Waals surface area contributed by atoms with Crippen LogP contribution in [-0.2, 0) is 17.8 Å². The molecule has 0 amide bonds. The summed E-state index contributed by atoms with van der Waals surface area (Å²) in [6.45, 7) is 4.02. The first-order valence-corrected chi connectivity index (χ1v) is 12.5. The Bertz CT molecular complexity index is 1370. The minimum absolute atomic E-state index is 0.00379. The minimum Gasteiger partial charge on any atom is -0.481 e. The summed E-state index contributed by atoms with van der Waals surface area (Å²) in [7, 11) is 0. The molecule has 202 valence electrons. The minimum atomic E-state index is -1.41. The molecule has 0 radical (unpaired) electrons. The van der Waals surface area contributed by atoms with Crippen molar-refractivity contribution in [2.75, 3.05) is 18.4 Å². The Balaban J connectivity index is 1.62. The summed E-state index contributed by atoms with van der Waals surface area (Å²) in [5.74, 6) is -4.99. The Labute approximate surface area is 222 Å². The SMILES string of the molecule is CCC(=O)c1c(F)c(CC2(C(=O)O)CCN(Cc3cccc(Cl)c3F)CC2)nc(Nc2cc(C)[nH]n2)c1F. The van der Waals surface area contributed by atoms with Gasteiger partial charge in [-0.1, -0.05) is 30.7 Å². The van der Waals surface area contributed by atoms with Gasteiger partial charge in [0.15, 0.2) is 29.1 Å². The fraction of sp³-hybridized carbons (Fsp3) is 0.385. The third-order valence-electron chi connectivity index (χ3n) is 6.90. The Morgan fingerprint density at radius 1 is 1.18 bits per heavy atom. The first-order valence-electron chi connectivity index (χ1n) is 12.1. The average molecular weight is 550 g/mol. The van der Waals surface area contributed by atoms with E-state index in [9.17, 15) is 19.1 Å². The Morgan fingerprint density at radius 2 is 1.89 bits per heavy atom. The van der Waals surface area contributed by atoms with E-state index < -0.39 is 46.0 Å². The lowest BCUT2D eigenvalue weighted by molar-refractivity contribution is -0.152. The maximum absolute atomic E-state index is 15.5. The number of carboxylic acid groups (broad SMARTS) is 1. The summed E-state index contributed by atoms with van der Waals surface area (Å²) in [6.07, 6.45) is -0.286. The molecule has 3 aromatic rings. The maximum atomic E-state index is 15.5. The molecule has 4 rings (SSSR count). The standard InChI is InChI=1S/C26H27ClF3N5O3/c1-3-18(36)20-22(29)17(31-24(23(20)30)32-19-11-14(2)33-34-19)12-26(25(37)38)7-9-35(10-8-26)13-15-5-4-6-16(27)21(15)28/h4-6,11H,3,7-10,12-13H2,1-2H3,(H,37,38)(H2,31,32,33,34). The molecule has 0 unspecified atom stereocenters. The molecule has 1 aliphatic heterocycles. The van der Waals surface area contributed by atoms with Crippen molar-refractivity contribution in [3.05, 3.63) is 69.3 Å². The van der Waals surface area contributed by atoms with Gasteiger partial charge in [0.2, 0.25) is 0 Å². The van der Waals surface area contributed by atoms with Gasteiger partial charge in [-0.25, -0.2) is 18.2 Å². The molecular weight excluding hydrogens is 523 g/mol. The van der Waals surface area contributed by atoms with Crippen molar-refractivity contribution in [2.24, 2.45) is 5.41 Å². The first-order chi connectivity index (χ1) is 18.0. The number of carboxylic acids is 1. The number of benzene rings is 1. The van der Waals surface area contributed by atoms with Gasteiger partial charge in [-0.05, 0) is 38.9 Å². The zero-order valence-corrected chi connectivity index (χ0v) is 21.6. The molecule has 0 aliphatic carbocycles. The van der Waals surface area contributed by atoms with Gasteiger partial charge >= 0.3 is 5.97 Å². The topological polar surface area (TPSA) is 111 Å². The molecule has 1 fully saturated rings. The summed E-state index contributed by atoms with van der Waals surface area (Å²) < 4.78 is 45.1. The predicted molar refractivity (Wildman–Crippen MR) is 135 cm³/mol. The normalized spacial score (nSPS) is 15.4. The molecule has 0 bridgehead atoms. The van der Waals surface area contributed by atoms with Crippen molar-refractivity contribution < 1.29 is 27.9 Å². The average Bonchev–Trinajstić information content (AvgIpc) is 3.30. The second kappa shape index (κ2) is 11.1. The summed E-state index contributed by atoms with van der Waals surface area (Å²) >= 11 is 5.87. The van der Waals surface area contributed by atoms with Gasteiger partial charge in [0.1, 0.15) is 5.82 Å². The number of anilines is 2. The molecule has 0 spiro atoms. The van der Waals surface area contributed by atoms with Gasteiger partial charge < -0.3 is 10.4 Å². The Kier molecular flexibility index (Phi) is 8.08. The number of aryl methyl sites for hydroxylation is 1. The molecule has 3 N–H and O–H groups in total. The van der Waals surface area contributed by atoms with Crippen LogP contribution in [0, 0.1) is 29.8 Å². The molecule has 0 saturated carbocycles. The van der Waals surface area contributed by atoms with Crippen molar-refractivity contribution in [3.8, 4) is 0 Å². The number of piperidine rings is 1.